The van der Waals surface area contributed by atoms with Crippen molar-refractivity contribution >= 4 is 58.2 Å². The van der Waals surface area contributed by atoms with Crippen LogP contribution in [-0.4, -0.2) is 31.7 Å². The first-order valence-corrected chi connectivity index (χ1v) is 14.6. The molecule has 1 aliphatic rings. The number of piperidine rings is 1. The molecule has 0 amide bonds. The van der Waals surface area contributed by atoms with Gasteiger partial charge in [-0.2, -0.15) is 0 Å². The van der Waals surface area contributed by atoms with E-state index < -0.39 is 31.6 Å². The van der Waals surface area contributed by atoms with Gasteiger partial charge < -0.3 is 4.90 Å². The average Bonchev–Trinajstić information content (AvgIpc) is 3.27. The summed E-state index contributed by atoms with van der Waals surface area (Å²) in [4.78, 5) is 6.19. The van der Waals surface area contributed by atoms with E-state index in [0.29, 0.717) is 25.9 Å². The number of aryl methyl sites for hydroxylation is 1. The Morgan fingerprint density at radius 3 is 2.39 bits per heavy atom. The van der Waals surface area contributed by atoms with E-state index in [2.05, 4.69) is 67.9 Å². The van der Waals surface area contributed by atoms with E-state index >= 15 is 0 Å². The highest BCUT2D eigenvalue weighted by Crippen LogP contribution is 2.37. The number of rotatable bonds is 6. The fourth-order valence-electron chi connectivity index (χ4n) is 3.95. The van der Waals surface area contributed by atoms with Crippen molar-refractivity contribution < 1.29 is 17.2 Å². The third kappa shape index (κ3) is 5.18. The molecule has 0 spiro atoms. The van der Waals surface area contributed by atoms with Gasteiger partial charge in [-0.25, -0.2) is 22.2 Å². The summed E-state index contributed by atoms with van der Waals surface area (Å²) in [5, 5.41) is 2.10. The molecule has 176 valence electrons. The molecule has 1 fully saturated rings. The molecule has 10 heteroatoms. The summed E-state index contributed by atoms with van der Waals surface area (Å²) in [7, 11) is -4.05. The molecule has 33 heavy (non-hydrogen) atoms. The monoisotopic (exact) mass is 618 g/mol. The van der Waals surface area contributed by atoms with Crippen LogP contribution < -0.4 is 4.90 Å². The van der Waals surface area contributed by atoms with Gasteiger partial charge >= 0.3 is 0 Å². The molecule has 1 saturated heterocycles. The fourth-order valence-corrected chi connectivity index (χ4v) is 8.20. The van der Waals surface area contributed by atoms with Gasteiger partial charge in [0.1, 0.15) is 10.7 Å². The zero-order chi connectivity index (χ0) is 23.8. The van der Waals surface area contributed by atoms with Gasteiger partial charge in [0.15, 0.2) is 20.8 Å². The molecule has 0 atom stereocenters. The Bertz CT molecular complexity index is 1230. The smallest absolute Gasteiger partial charge is 0.185 e. The summed E-state index contributed by atoms with van der Waals surface area (Å²) in [5.74, 6) is -1.79. The largest absolute Gasteiger partial charge is 0.348 e. The second-order valence-corrected chi connectivity index (χ2v) is 12.6. The van der Waals surface area contributed by atoms with Gasteiger partial charge in [0.25, 0.3) is 0 Å². The second-order valence-electron chi connectivity index (χ2n) is 8.00. The number of benzene rings is 2. The first-order chi connectivity index (χ1) is 15.7. The fraction of sp³-hybridized carbons (Fsp3) is 0.348. The van der Waals surface area contributed by atoms with Gasteiger partial charge in [-0.3, -0.25) is 0 Å². The molecule has 4 rings (SSSR count). The van der Waals surface area contributed by atoms with E-state index in [-0.39, 0.29) is 8.95 Å². The summed E-state index contributed by atoms with van der Waals surface area (Å²) >= 11 is 7.36. The predicted octanol–water partition coefficient (Wildman–Crippen LogP) is 6.54. The first-order valence-electron chi connectivity index (χ1n) is 10.5. The van der Waals surface area contributed by atoms with Gasteiger partial charge in [0.2, 0.25) is 0 Å². The van der Waals surface area contributed by atoms with Crippen LogP contribution in [-0.2, 0) is 22.7 Å². The van der Waals surface area contributed by atoms with Crippen LogP contribution in [0.4, 0.5) is 13.9 Å². The molecule has 0 unspecified atom stereocenters. The van der Waals surface area contributed by atoms with E-state index in [4.69, 9.17) is 4.98 Å². The Morgan fingerprint density at radius 2 is 1.76 bits per heavy atom. The normalized spacial score (nSPS) is 15.2. The standard InChI is InChI=1S/C23H22Br2F2N2O2S2/c1-2-14-3-5-15(6-4-14)11-16-13-32-23(28-16)29-9-7-17(8-10-29)33(30,31)22-20(25)19(26)12-18(24)21(22)27/h3-6,12-13,17H,2,7-11H2,1H3. The van der Waals surface area contributed by atoms with Gasteiger partial charge in [-0.15, -0.1) is 11.3 Å². The van der Waals surface area contributed by atoms with Crippen LogP contribution in [0.3, 0.4) is 0 Å². The molecule has 0 bridgehead atoms. The predicted molar refractivity (Wildman–Crippen MR) is 135 cm³/mol. The van der Waals surface area contributed by atoms with Crippen molar-refractivity contribution in [1.29, 1.82) is 0 Å². The van der Waals surface area contributed by atoms with Crippen LogP contribution in [0, 0.1) is 11.6 Å². The van der Waals surface area contributed by atoms with Gasteiger partial charge in [0.05, 0.1) is 19.9 Å². The molecule has 0 radical (unpaired) electrons. The Labute approximate surface area is 213 Å². The number of nitrogens with zero attached hydrogens (tertiary/aromatic N) is 2. The van der Waals surface area contributed by atoms with Crippen LogP contribution in [0.1, 0.15) is 36.6 Å². The first kappa shape index (κ1) is 24.8. The maximum absolute atomic E-state index is 14.6. The second kappa shape index (κ2) is 10.1. The van der Waals surface area contributed by atoms with Crippen molar-refractivity contribution in [2.24, 2.45) is 0 Å². The third-order valence-corrected chi connectivity index (χ3v) is 10.7. The van der Waals surface area contributed by atoms with Gasteiger partial charge in [0, 0.05) is 24.9 Å². The van der Waals surface area contributed by atoms with Crippen LogP contribution in [0.2, 0.25) is 0 Å². The van der Waals surface area contributed by atoms with Crippen molar-refractivity contribution in [3.8, 4) is 0 Å². The number of halogens is 4. The molecule has 0 aliphatic carbocycles. The lowest BCUT2D eigenvalue weighted by molar-refractivity contribution is 0.512. The number of hydrogen-bond donors (Lipinski definition) is 0. The van der Waals surface area contributed by atoms with E-state index in [9.17, 15) is 17.2 Å². The maximum Gasteiger partial charge on any atom is 0.185 e. The highest BCUT2D eigenvalue weighted by atomic mass is 79.9. The minimum absolute atomic E-state index is 0.209. The number of thiazole rings is 1. The summed E-state index contributed by atoms with van der Waals surface area (Å²) in [6, 6.07) is 9.42. The average molecular weight is 620 g/mol. The van der Waals surface area contributed by atoms with E-state index in [1.54, 1.807) is 0 Å². The number of aromatic nitrogens is 1. The Kier molecular flexibility index (Phi) is 7.57. The molecule has 1 aliphatic heterocycles. The van der Waals surface area contributed by atoms with E-state index in [1.165, 1.54) is 22.5 Å². The Morgan fingerprint density at radius 1 is 1.12 bits per heavy atom. The molecule has 1 aromatic heterocycles. The highest BCUT2D eigenvalue weighted by molar-refractivity contribution is 9.11. The highest BCUT2D eigenvalue weighted by Gasteiger charge is 2.36. The van der Waals surface area contributed by atoms with Crippen molar-refractivity contribution in [3.63, 3.8) is 0 Å². The lowest BCUT2D eigenvalue weighted by Crippen LogP contribution is -2.39. The maximum atomic E-state index is 14.6. The summed E-state index contributed by atoms with van der Waals surface area (Å²) in [6.07, 6.45) is 2.38. The van der Waals surface area contributed by atoms with Crippen molar-refractivity contribution in [2.75, 3.05) is 18.0 Å². The summed E-state index contributed by atoms with van der Waals surface area (Å²) < 4.78 is 54.4. The van der Waals surface area contributed by atoms with E-state index in [1.807, 2.05) is 5.38 Å². The van der Waals surface area contributed by atoms with Gasteiger partial charge in [-0.1, -0.05) is 31.2 Å². The van der Waals surface area contributed by atoms with Gasteiger partial charge in [-0.05, 0) is 68.3 Å². The quantitative estimate of drug-likeness (QED) is 0.294. The molecule has 2 aromatic carbocycles. The lowest BCUT2D eigenvalue weighted by Gasteiger charge is -2.31. The van der Waals surface area contributed by atoms with Crippen LogP contribution in [0.25, 0.3) is 0 Å². The Balaban J connectivity index is 1.44. The number of hydrogen-bond acceptors (Lipinski definition) is 5. The molecule has 0 saturated carbocycles. The lowest BCUT2D eigenvalue weighted by atomic mass is 10.1. The third-order valence-electron chi connectivity index (χ3n) is 5.86. The summed E-state index contributed by atoms with van der Waals surface area (Å²) in [6.45, 7) is 3.10. The van der Waals surface area contributed by atoms with Crippen molar-refractivity contribution in [2.45, 2.75) is 42.8 Å². The summed E-state index contributed by atoms with van der Waals surface area (Å²) in [5.41, 5.74) is 3.47. The topological polar surface area (TPSA) is 50.3 Å². The van der Waals surface area contributed by atoms with Crippen molar-refractivity contribution in [1.82, 2.24) is 4.98 Å². The SMILES string of the molecule is CCc1ccc(Cc2csc(N3CCC(S(=O)(=O)c4c(F)c(Br)cc(F)c4Br)CC3)n2)cc1. The number of anilines is 1. The Hall–Kier alpha value is -1.36. The minimum Gasteiger partial charge on any atom is -0.348 e. The van der Waals surface area contributed by atoms with Crippen LogP contribution in [0.5, 0.6) is 0 Å². The zero-order valence-electron chi connectivity index (χ0n) is 17.8. The molecule has 4 nitrogen and oxygen atoms in total. The van der Waals surface area contributed by atoms with E-state index in [0.717, 1.165) is 29.7 Å². The molecular formula is C23H22Br2F2N2O2S2. The number of sulfone groups is 1. The van der Waals surface area contributed by atoms with Crippen molar-refractivity contribution in [3.05, 3.63) is 73.1 Å². The molecule has 3 aromatic rings. The zero-order valence-corrected chi connectivity index (χ0v) is 22.6. The molecule has 2 heterocycles. The minimum atomic E-state index is -4.05. The molecular weight excluding hydrogens is 598 g/mol. The van der Waals surface area contributed by atoms with Crippen LogP contribution in [0.15, 0.2) is 49.6 Å². The molecule has 0 N–H and O–H groups in total. The van der Waals surface area contributed by atoms with Crippen LogP contribution >= 0.6 is 43.2 Å².